The number of rotatable bonds is 7. The normalized spacial score (nSPS) is 11.8. The molecule has 0 aliphatic heterocycles. The highest BCUT2D eigenvalue weighted by Crippen LogP contribution is 2.29. The zero-order valence-corrected chi connectivity index (χ0v) is 17.8. The number of hydrogen-bond donors (Lipinski definition) is 0. The molecular formula is C26H24O5. The van der Waals surface area contributed by atoms with Gasteiger partial charge >= 0.3 is 0 Å². The Balaban J connectivity index is 1.60. The lowest BCUT2D eigenvalue weighted by Crippen LogP contribution is -2.08. The molecule has 0 saturated carbocycles. The van der Waals surface area contributed by atoms with E-state index in [1.807, 2.05) is 44.2 Å². The van der Waals surface area contributed by atoms with Gasteiger partial charge in [0.05, 0.1) is 12.0 Å². The zero-order chi connectivity index (χ0) is 21.8. The van der Waals surface area contributed by atoms with Crippen molar-refractivity contribution in [2.45, 2.75) is 26.9 Å². The number of hydrogen-bond acceptors (Lipinski definition) is 5. The van der Waals surface area contributed by atoms with E-state index in [4.69, 9.17) is 18.6 Å². The van der Waals surface area contributed by atoms with Crippen LogP contribution in [0, 0.1) is 6.92 Å². The summed E-state index contributed by atoms with van der Waals surface area (Å²) in [5.74, 6) is 2.48. The Bertz CT molecular complexity index is 1230. The van der Waals surface area contributed by atoms with Crippen LogP contribution in [0.25, 0.3) is 11.0 Å². The first-order valence-electron chi connectivity index (χ1n) is 10.2. The molecule has 0 N–H and O–H groups in total. The number of fused-ring (bicyclic) bond motifs is 1. The summed E-state index contributed by atoms with van der Waals surface area (Å²) in [6.45, 7) is 6.20. The van der Waals surface area contributed by atoms with Gasteiger partial charge in [-0.3, -0.25) is 4.79 Å². The molecule has 158 valence electrons. The Morgan fingerprint density at radius 2 is 1.58 bits per heavy atom. The van der Waals surface area contributed by atoms with Crippen LogP contribution in [0.2, 0.25) is 0 Å². The molecular weight excluding hydrogens is 392 g/mol. The smallest absolute Gasteiger partial charge is 0.235 e. The highest BCUT2D eigenvalue weighted by molar-refractivity contribution is 5.79. The van der Waals surface area contributed by atoms with E-state index < -0.39 is 0 Å². The van der Waals surface area contributed by atoms with E-state index in [1.165, 1.54) is 0 Å². The summed E-state index contributed by atoms with van der Waals surface area (Å²) in [5, 5.41) is 0.436. The van der Waals surface area contributed by atoms with Crippen LogP contribution in [0.5, 0.6) is 23.0 Å². The lowest BCUT2D eigenvalue weighted by Gasteiger charge is -2.15. The van der Waals surface area contributed by atoms with Gasteiger partial charge in [-0.25, -0.2) is 0 Å². The van der Waals surface area contributed by atoms with E-state index in [0.29, 0.717) is 34.8 Å². The molecule has 31 heavy (non-hydrogen) atoms. The van der Waals surface area contributed by atoms with Crippen LogP contribution in [-0.4, -0.2) is 6.61 Å². The van der Waals surface area contributed by atoms with E-state index in [2.05, 4.69) is 0 Å². The number of benzene rings is 3. The van der Waals surface area contributed by atoms with Gasteiger partial charge in [0.25, 0.3) is 0 Å². The fourth-order valence-corrected chi connectivity index (χ4v) is 3.34. The fraction of sp³-hybridized carbons (Fsp3) is 0.192. The quantitative estimate of drug-likeness (QED) is 0.347. The molecule has 4 aromatic rings. The second kappa shape index (κ2) is 8.96. The van der Waals surface area contributed by atoms with Crippen LogP contribution in [0.3, 0.4) is 0 Å². The minimum absolute atomic E-state index is 0.131. The third-order valence-corrected chi connectivity index (χ3v) is 4.92. The van der Waals surface area contributed by atoms with E-state index >= 15 is 0 Å². The lowest BCUT2D eigenvalue weighted by atomic mass is 10.1. The molecule has 4 rings (SSSR count). The summed E-state index contributed by atoms with van der Waals surface area (Å²) in [5.41, 5.74) is 1.30. The molecule has 3 aromatic carbocycles. The third kappa shape index (κ3) is 4.56. The second-order valence-electron chi connectivity index (χ2n) is 7.15. The highest BCUT2D eigenvalue weighted by Gasteiger charge is 2.15. The molecule has 0 radical (unpaired) electrons. The van der Waals surface area contributed by atoms with Gasteiger partial charge in [0, 0.05) is 6.07 Å². The monoisotopic (exact) mass is 416 g/mol. The van der Waals surface area contributed by atoms with Crippen LogP contribution in [0.4, 0.5) is 0 Å². The number of aryl methyl sites for hydroxylation is 1. The van der Waals surface area contributed by atoms with E-state index in [9.17, 15) is 4.79 Å². The fourth-order valence-electron chi connectivity index (χ4n) is 3.34. The molecule has 1 atom stereocenters. The first kappa shape index (κ1) is 20.5. The van der Waals surface area contributed by atoms with Gasteiger partial charge in [0.2, 0.25) is 11.2 Å². The van der Waals surface area contributed by atoms with Crippen molar-refractivity contribution in [3.05, 3.63) is 94.3 Å². The first-order valence-corrected chi connectivity index (χ1v) is 10.2. The van der Waals surface area contributed by atoms with Crippen LogP contribution in [0.15, 0.2) is 82.0 Å². The summed E-state index contributed by atoms with van der Waals surface area (Å²) in [7, 11) is 0. The third-order valence-electron chi connectivity index (χ3n) is 4.92. The predicted octanol–water partition coefficient (Wildman–Crippen LogP) is 6.43. The molecule has 0 saturated heterocycles. The Kier molecular flexibility index (Phi) is 5.94. The molecule has 5 heteroatoms. The molecule has 0 spiro atoms. The van der Waals surface area contributed by atoms with Crippen molar-refractivity contribution in [3.8, 4) is 23.0 Å². The zero-order valence-electron chi connectivity index (χ0n) is 17.8. The lowest BCUT2D eigenvalue weighted by molar-refractivity contribution is 0.227. The predicted molar refractivity (Wildman–Crippen MR) is 120 cm³/mol. The van der Waals surface area contributed by atoms with Gasteiger partial charge in [-0.15, -0.1) is 0 Å². The van der Waals surface area contributed by atoms with Crippen LogP contribution < -0.4 is 19.6 Å². The second-order valence-corrected chi connectivity index (χ2v) is 7.15. The largest absolute Gasteiger partial charge is 0.494 e. The van der Waals surface area contributed by atoms with Crippen LogP contribution >= 0.6 is 0 Å². The minimum Gasteiger partial charge on any atom is -0.494 e. The molecule has 0 aliphatic carbocycles. The van der Waals surface area contributed by atoms with Gasteiger partial charge in [-0.05, 0) is 62.7 Å². The van der Waals surface area contributed by atoms with Gasteiger partial charge in [0.15, 0.2) is 0 Å². The molecule has 1 aromatic heterocycles. The first-order chi connectivity index (χ1) is 15.0. The van der Waals surface area contributed by atoms with Gasteiger partial charge in [0.1, 0.15) is 34.7 Å². The van der Waals surface area contributed by atoms with Crippen LogP contribution in [-0.2, 0) is 0 Å². The molecule has 0 bridgehead atoms. The van der Waals surface area contributed by atoms with Crippen molar-refractivity contribution < 1.29 is 18.6 Å². The van der Waals surface area contributed by atoms with E-state index in [1.54, 1.807) is 49.4 Å². The standard InChI is InChI=1S/C26H24O5/c1-4-28-20-10-12-21(13-11-20)31-26-18(3)30-24-16-22(14-15-23(24)25(26)27)29-17(2)19-8-6-5-7-9-19/h5-17H,4H2,1-3H3. The summed E-state index contributed by atoms with van der Waals surface area (Å²) in [4.78, 5) is 13.0. The Morgan fingerprint density at radius 1 is 0.903 bits per heavy atom. The summed E-state index contributed by atoms with van der Waals surface area (Å²) in [6, 6.07) is 22.3. The average molecular weight is 416 g/mol. The summed E-state index contributed by atoms with van der Waals surface area (Å²) < 4.78 is 23.2. The Hall–Kier alpha value is -3.73. The van der Waals surface area contributed by atoms with Crippen LogP contribution in [0.1, 0.15) is 31.3 Å². The number of ether oxygens (including phenoxy) is 3. The molecule has 0 aliphatic rings. The van der Waals surface area contributed by atoms with Crippen molar-refractivity contribution in [2.75, 3.05) is 6.61 Å². The molecule has 1 heterocycles. The Labute approximate surface area is 180 Å². The van der Waals surface area contributed by atoms with Gasteiger partial charge in [-0.2, -0.15) is 0 Å². The maximum Gasteiger partial charge on any atom is 0.235 e. The van der Waals surface area contributed by atoms with Crippen molar-refractivity contribution >= 4 is 11.0 Å². The molecule has 0 fully saturated rings. The van der Waals surface area contributed by atoms with E-state index in [-0.39, 0.29) is 17.3 Å². The van der Waals surface area contributed by atoms with Gasteiger partial charge in [-0.1, -0.05) is 30.3 Å². The SMILES string of the molecule is CCOc1ccc(Oc2c(C)oc3cc(OC(C)c4ccccc4)ccc3c2=O)cc1. The Morgan fingerprint density at radius 3 is 2.29 bits per heavy atom. The van der Waals surface area contributed by atoms with Crippen molar-refractivity contribution in [3.63, 3.8) is 0 Å². The maximum absolute atomic E-state index is 13.0. The van der Waals surface area contributed by atoms with Gasteiger partial charge < -0.3 is 18.6 Å². The van der Waals surface area contributed by atoms with Crippen molar-refractivity contribution in [2.24, 2.45) is 0 Å². The maximum atomic E-state index is 13.0. The summed E-state index contributed by atoms with van der Waals surface area (Å²) in [6.07, 6.45) is -0.131. The topological polar surface area (TPSA) is 57.9 Å². The minimum atomic E-state index is -0.227. The highest BCUT2D eigenvalue weighted by atomic mass is 16.5. The van der Waals surface area contributed by atoms with Crippen molar-refractivity contribution in [1.82, 2.24) is 0 Å². The summed E-state index contributed by atoms with van der Waals surface area (Å²) >= 11 is 0. The van der Waals surface area contributed by atoms with Crippen molar-refractivity contribution in [1.29, 1.82) is 0 Å². The molecule has 0 amide bonds. The van der Waals surface area contributed by atoms with E-state index in [0.717, 1.165) is 11.3 Å². The molecule has 5 nitrogen and oxygen atoms in total. The molecule has 1 unspecified atom stereocenters. The average Bonchev–Trinajstić information content (AvgIpc) is 2.78.